The number of urea groups is 1. The molecule has 1 atom stereocenters. The molecule has 0 unspecified atom stereocenters. The van der Waals surface area contributed by atoms with E-state index in [0.29, 0.717) is 23.8 Å². The van der Waals surface area contributed by atoms with E-state index < -0.39 is 0 Å². The predicted octanol–water partition coefficient (Wildman–Crippen LogP) is 5.17. The van der Waals surface area contributed by atoms with Gasteiger partial charge in [-0.15, -0.1) is 0 Å². The molecular formula is C22H26ClN3O2. The van der Waals surface area contributed by atoms with Crippen molar-refractivity contribution < 1.29 is 9.59 Å². The topological polar surface area (TPSA) is 61.4 Å². The molecule has 0 radical (unpaired) electrons. The number of halogens is 1. The highest BCUT2D eigenvalue weighted by Crippen LogP contribution is 2.28. The van der Waals surface area contributed by atoms with Crippen molar-refractivity contribution in [2.24, 2.45) is 11.8 Å². The van der Waals surface area contributed by atoms with Crippen LogP contribution in [-0.2, 0) is 4.79 Å². The lowest BCUT2D eigenvalue weighted by Gasteiger charge is -2.34. The molecule has 3 amide bonds. The highest BCUT2D eigenvalue weighted by atomic mass is 35.5. The zero-order valence-corrected chi connectivity index (χ0v) is 17.0. The summed E-state index contributed by atoms with van der Waals surface area (Å²) in [6.45, 7) is 5.20. The summed E-state index contributed by atoms with van der Waals surface area (Å²) >= 11 is 6.22. The minimum atomic E-state index is -0.142. The van der Waals surface area contributed by atoms with Gasteiger partial charge in [-0.1, -0.05) is 42.8 Å². The number of nitrogens with one attached hydrogen (secondary N) is 2. The van der Waals surface area contributed by atoms with E-state index in [0.717, 1.165) is 24.1 Å². The van der Waals surface area contributed by atoms with Crippen LogP contribution in [0.4, 0.5) is 16.2 Å². The van der Waals surface area contributed by atoms with E-state index in [4.69, 9.17) is 11.6 Å². The first-order valence-corrected chi connectivity index (χ1v) is 10.00. The summed E-state index contributed by atoms with van der Waals surface area (Å²) in [6, 6.07) is 14.9. The number of piperidine rings is 1. The second-order valence-corrected chi connectivity index (χ2v) is 7.79. The Balaban J connectivity index is 1.51. The van der Waals surface area contributed by atoms with Gasteiger partial charge in [0.2, 0.25) is 5.91 Å². The number of carbonyl (C=O) groups is 2. The summed E-state index contributed by atoms with van der Waals surface area (Å²) in [7, 11) is 0. The Morgan fingerprint density at radius 1 is 1.07 bits per heavy atom. The molecule has 0 aromatic heterocycles. The monoisotopic (exact) mass is 399 g/mol. The summed E-state index contributed by atoms with van der Waals surface area (Å²) in [5, 5.41) is 6.40. The van der Waals surface area contributed by atoms with Crippen LogP contribution in [0.15, 0.2) is 48.5 Å². The first kappa shape index (κ1) is 20.2. The third-order valence-electron chi connectivity index (χ3n) is 5.36. The van der Waals surface area contributed by atoms with Crippen LogP contribution < -0.4 is 10.6 Å². The molecular weight excluding hydrogens is 374 g/mol. The summed E-state index contributed by atoms with van der Waals surface area (Å²) < 4.78 is 0. The maximum atomic E-state index is 12.6. The van der Waals surface area contributed by atoms with E-state index in [2.05, 4.69) is 10.6 Å². The molecule has 1 aliphatic heterocycles. The molecule has 2 aromatic carbocycles. The highest BCUT2D eigenvalue weighted by molar-refractivity contribution is 6.33. The SMILES string of the molecule is Cc1ccc(NC(=O)[C@H](C)C2CCN(C(=O)Nc3ccccc3)CC2)c(Cl)c1. The summed E-state index contributed by atoms with van der Waals surface area (Å²) in [5.74, 6) is 0.0691. The van der Waals surface area contributed by atoms with E-state index in [9.17, 15) is 9.59 Å². The third kappa shape index (κ3) is 5.04. The van der Waals surface area contributed by atoms with Crippen molar-refractivity contribution in [3.63, 3.8) is 0 Å². The molecule has 6 heteroatoms. The minimum absolute atomic E-state index is 0.0297. The molecule has 2 N–H and O–H groups in total. The lowest BCUT2D eigenvalue weighted by Crippen LogP contribution is -2.43. The summed E-state index contributed by atoms with van der Waals surface area (Å²) in [6.07, 6.45) is 1.61. The van der Waals surface area contributed by atoms with Crippen molar-refractivity contribution in [3.05, 3.63) is 59.1 Å². The molecule has 1 saturated heterocycles. The average Bonchev–Trinajstić information content (AvgIpc) is 2.70. The number of hydrogen-bond donors (Lipinski definition) is 2. The van der Waals surface area contributed by atoms with E-state index in [-0.39, 0.29) is 23.8 Å². The van der Waals surface area contributed by atoms with Crippen molar-refractivity contribution in [2.45, 2.75) is 26.7 Å². The molecule has 0 bridgehead atoms. The minimum Gasteiger partial charge on any atom is -0.325 e. The molecule has 148 valence electrons. The van der Waals surface area contributed by atoms with Gasteiger partial charge in [-0.2, -0.15) is 0 Å². The van der Waals surface area contributed by atoms with Crippen molar-refractivity contribution in [1.82, 2.24) is 4.90 Å². The Kier molecular flexibility index (Phi) is 6.57. The molecule has 0 saturated carbocycles. The Hall–Kier alpha value is -2.53. The molecule has 28 heavy (non-hydrogen) atoms. The van der Waals surface area contributed by atoms with Gasteiger partial charge in [-0.05, 0) is 55.5 Å². The predicted molar refractivity (Wildman–Crippen MR) is 114 cm³/mol. The summed E-state index contributed by atoms with van der Waals surface area (Å²) in [5.41, 5.74) is 2.48. The number of hydrogen-bond acceptors (Lipinski definition) is 2. The Morgan fingerprint density at radius 2 is 1.75 bits per heavy atom. The van der Waals surface area contributed by atoms with Gasteiger partial charge >= 0.3 is 6.03 Å². The van der Waals surface area contributed by atoms with E-state index in [1.54, 1.807) is 0 Å². The number of likely N-dealkylation sites (tertiary alicyclic amines) is 1. The quantitative estimate of drug-likeness (QED) is 0.745. The Labute approximate surface area is 171 Å². The van der Waals surface area contributed by atoms with Crippen LogP contribution in [0.1, 0.15) is 25.3 Å². The van der Waals surface area contributed by atoms with Gasteiger partial charge < -0.3 is 15.5 Å². The number of para-hydroxylation sites is 1. The maximum absolute atomic E-state index is 12.6. The fraction of sp³-hybridized carbons (Fsp3) is 0.364. The molecule has 0 aliphatic carbocycles. The smallest absolute Gasteiger partial charge is 0.321 e. The van der Waals surface area contributed by atoms with Crippen LogP contribution in [0.3, 0.4) is 0 Å². The number of aryl methyl sites for hydroxylation is 1. The first-order valence-electron chi connectivity index (χ1n) is 9.62. The molecule has 0 spiro atoms. The molecule has 5 nitrogen and oxygen atoms in total. The van der Waals surface area contributed by atoms with Crippen LogP contribution in [0.25, 0.3) is 0 Å². The van der Waals surface area contributed by atoms with Crippen LogP contribution in [-0.4, -0.2) is 29.9 Å². The Bertz CT molecular complexity index is 833. The van der Waals surface area contributed by atoms with Gasteiger partial charge in [0, 0.05) is 24.7 Å². The lowest BCUT2D eigenvalue weighted by molar-refractivity contribution is -0.121. The molecule has 1 aliphatic rings. The van der Waals surface area contributed by atoms with Crippen LogP contribution >= 0.6 is 11.6 Å². The maximum Gasteiger partial charge on any atom is 0.321 e. The van der Waals surface area contributed by atoms with Crippen LogP contribution in [0.5, 0.6) is 0 Å². The number of anilines is 2. The van der Waals surface area contributed by atoms with Gasteiger partial charge in [0.25, 0.3) is 0 Å². The Morgan fingerprint density at radius 3 is 2.39 bits per heavy atom. The highest BCUT2D eigenvalue weighted by Gasteiger charge is 2.30. The standard InChI is InChI=1S/C22H26ClN3O2/c1-15-8-9-20(19(23)14-15)25-21(27)16(2)17-10-12-26(13-11-17)22(28)24-18-6-4-3-5-7-18/h3-9,14,16-17H,10-13H2,1-2H3,(H,24,28)(H,25,27)/t16-/m1/s1. The number of carbonyl (C=O) groups excluding carboxylic acids is 2. The number of amides is 3. The molecule has 1 fully saturated rings. The van der Waals surface area contributed by atoms with Gasteiger partial charge in [0.15, 0.2) is 0 Å². The van der Waals surface area contributed by atoms with Gasteiger partial charge in [0.05, 0.1) is 10.7 Å². The van der Waals surface area contributed by atoms with Crippen molar-refractivity contribution >= 4 is 34.9 Å². The second-order valence-electron chi connectivity index (χ2n) is 7.38. The van der Waals surface area contributed by atoms with Crippen LogP contribution in [0.2, 0.25) is 5.02 Å². The van der Waals surface area contributed by atoms with Crippen LogP contribution in [0, 0.1) is 18.8 Å². The zero-order chi connectivity index (χ0) is 20.1. The average molecular weight is 400 g/mol. The fourth-order valence-corrected chi connectivity index (χ4v) is 3.79. The molecule has 1 heterocycles. The normalized spacial score (nSPS) is 15.8. The first-order chi connectivity index (χ1) is 13.4. The number of benzene rings is 2. The van der Waals surface area contributed by atoms with Crippen molar-refractivity contribution in [3.8, 4) is 0 Å². The molecule has 3 rings (SSSR count). The van der Waals surface area contributed by atoms with Gasteiger partial charge in [-0.25, -0.2) is 4.79 Å². The second kappa shape index (κ2) is 9.11. The number of rotatable bonds is 4. The van der Waals surface area contributed by atoms with Crippen molar-refractivity contribution in [2.75, 3.05) is 23.7 Å². The van der Waals surface area contributed by atoms with E-state index >= 15 is 0 Å². The fourth-order valence-electron chi connectivity index (χ4n) is 3.51. The zero-order valence-electron chi connectivity index (χ0n) is 16.2. The van der Waals surface area contributed by atoms with Gasteiger partial charge in [0.1, 0.15) is 0 Å². The van der Waals surface area contributed by atoms with Gasteiger partial charge in [-0.3, -0.25) is 4.79 Å². The molecule has 2 aromatic rings. The summed E-state index contributed by atoms with van der Waals surface area (Å²) in [4.78, 5) is 26.9. The lowest BCUT2D eigenvalue weighted by atomic mass is 9.85. The third-order valence-corrected chi connectivity index (χ3v) is 5.67. The van der Waals surface area contributed by atoms with E-state index in [1.165, 1.54) is 0 Å². The number of nitrogens with zero attached hydrogens (tertiary/aromatic N) is 1. The largest absolute Gasteiger partial charge is 0.325 e. The van der Waals surface area contributed by atoms with Crippen molar-refractivity contribution in [1.29, 1.82) is 0 Å². The van der Waals surface area contributed by atoms with E-state index in [1.807, 2.05) is 67.3 Å².